The van der Waals surface area contributed by atoms with E-state index in [0.717, 1.165) is 24.2 Å². The lowest BCUT2D eigenvalue weighted by atomic mass is 10.2. The van der Waals surface area contributed by atoms with Crippen molar-refractivity contribution in [2.45, 2.75) is 40.5 Å². The van der Waals surface area contributed by atoms with Crippen LogP contribution in [0.2, 0.25) is 0 Å². The highest BCUT2D eigenvalue weighted by Gasteiger charge is 2.22. The van der Waals surface area contributed by atoms with Gasteiger partial charge in [-0.05, 0) is 27.2 Å². The van der Waals surface area contributed by atoms with Crippen LogP contribution < -0.4 is 0 Å². The zero-order valence-electron chi connectivity index (χ0n) is 14.4. The fraction of sp³-hybridized carbons (Fsp3) is 1.00. The smallest absolute Gasteiger partial charge is 0.102 e. The summed E-state index contributed by atoms with van der Waals surface area (Å²) in [6.45, 7) is 18.2. The molecule has 0 aliphatic rings. The molecule has 19 heavy (non-hydrogen) atoms. The molecule has 0 radical (unpaired) electrons. The molecule has 0 saturated heterocycles. The monoisotopic (exact) mass is 274 g/mol. The first kappa shape index (κ1) is 18.9. The fourth-order valence-electron chi connectivity index (χ4n) is 2.29. The Kier molecular flexibility index (Phi) is 9.67. The van der Waals surface area contributed by atoms with E-state index in [4.69, 9.17) is 4.74 Å². The van der Waals surface area contributed by atoms with Crippen LogP contribution in [0.1, 0.15) is 40.5 Å². The van der Waals surface area contributed by atoms with Gasteiger partial charge in [-0.2, -0.15) is 0 Å². The van der Waals surface area contributed by atoms with Crippen molar-refractivity contribution in [2.75, 3.05) is 66.6 Å². The van der Waals surface area contributed by atoms with Gasteiger partial charge >= 0.3 is 0 Å². The first-order chi connectivity index (χ1) is 8.95. The molecule has 116 valence electrons. The molecule has 0 bridgehead atoms. The van der Waals surface area contributed by atoms with E-state index in [9.17, 15) is 0 Å². The van der Waals surface area contributed by atoms with Crippen LogP contribution in [0.5, 0.6) is 0 Å². The van der Waals surface area contributed by atoms with Gasteiger partial charge in [-0.1, -0.05) is 13.3 Å². The summed E-state index contributed by atoms with van der Waals surface area (Å²) in [4.78, 5) is 0. The summed E-state index contributed by atoms with van der Waals surface area (Å²) in [7, 11) is 4.53. The van der Waals surface area contributed by atoms with Crippen molar-refractivity contribution in [2.24, 2.45) is 0 Å². The van der Waals surface area contributed by atoms with Crippen molar-refractivity contribution in [3.8, 4) is 0 Å². The molecule has 0 aromatic rings. The lowest BCUT2D eigenvalue weighted by Gasteiger charge is -2.37. The Labute approximate surface area is 121 Å². The Bertz CT molecular complexity index is 213. The van der Waals surface area contributed by atoms with Crippen LogP contribution >= 0.6 is 0 Å². The van der Waals surface area contributed by atoms with Crippen LogP contribution in [0, 0.1) is 0 Å². The number of rotatable bonds is 12. The minimum absolute atomic E-state index is 0.891. The molecule has 0 atom stereocenters. The summed E-state index contributed by atoms with van der Waals surface area (Å²) in [5.74, 6) is 0. The Morgan fingerprint density at radius 2 is 1.32 bits per heavy atom. The van der Waals surface area contributed by atoms with E-state index in [-0.39, 0.29) is 0 Å². The lowest BCUT2D eigenvalue weighted by Crippen LogP contribution is -2.50. The van der Waals surface area contributed by atoms with E-state index >= 15 is 0 Å². The van der Waals surface area contributed by atoms with Gasteiger partial charge in [0.1, 0.15) is 13.1 Å². The minimum Gasteiger partial charge on any atom is -0.370 e. The van der Waals surface area contributed by atoms with Crippen molar-refractivity contribution < 1.29 is 13.7 Å². The summed E-state index contributed by atoms with van der Waals surface area (Å²) in [6, 6.07) is 0. The first-order valence-electron chi connectivity index (χ1n) is 8.20. The number of hydrogen-bond donors (Lipinski definition) is 0. The molecule has 3 heteroatoms. The third-order valence-corrected chi connectivity index (χ3v) is 4.73. The molecule has 0 spiro atoms. The van der Waals surface area contributed by atoms with E-state index in [1.54, 1.807) is 0 Å². The highest BCUT2D eigenvalue weighted by molar-refractivity contribution is 4.43. The molecule has 3 nitrogen and oxygen atoms in total. The summed E-state index contributed by atoms with van der Waals surface area (Å²) in [6.07, 6.45) is 2.63. The van der Waals surface area contributed by atoms with E-state index in [1.165, 1.54) is 50.0 Å². The topological polar surface area (TPSA) is 9.23 Å². The maximum Gasteiger partial charge on any atom is 0.102 e. The molecule has 0 rings (SSSR count). The largest absolute Gasteiger partial charge is 0.370 e. The van der Waals surface area contributed by atoms with Crippen molar-refractivity contribution >= 4 is 0 Å². The second kappa shape index (κ2) is 9.73. The van der Waals surface area contributed by atoms with Crippen molar-refractivity contribution in [1.29, 1.82) is 0 Å². The Morgan fingerprint density at radius 3 is 1.79 bits per heavy atom. The number of likely N-dealkylation sites (N-methyl/N-ethyl adjacent to an activating group) is 2. The van der Waals surface area contributed by atoms with Crippen molar-refractivity contribution in [3.63, 3.8) is 0 Å². The molecule has 0 aliphatic carbocycles. The predicted octanol–water partition coefficient (Wildman–Crippen LogP) is 2.76. The second-order valence-electron chi connectivity index (χ2n) is 6.36. The van der Waals surface area contributed by atoms with Crippen molar-refractivity contribution in [3.05, 3.63) is 0 Å². The average molecular weight is 274 g/mol. The molecular formula is C16H38N2O+2. The van der Waals surface area contributed by atoms with Crippen LogP contribution in [-0.2, 0) is 4.74 Å². The summed E-state index contributed by atoms with van der Waals surface area (Å²) < 4.78 is 8.15. The quantitative estimate of drug-likeness (QED) is 0.393. The molecule has 0 aliphatic heterocycles. The standard InChI is InChI=1S/C16H38N2O/c1-7-11-12-18(9-3,10-4)14-16-19-15-13-17(5,6)8-2/h7-16H2,1-6H3/q+2. The van der Waals surface area contributed by atoms with Gasteiger partial charge in [0, 0.05) is 0 Å². The molecule has 0 unspecified atom stereocenters. The third kappa shape index (κ3) is 7.91. The van der Waals surface area contributed by atoms with Gasteiger partial charge in [0.25, 0.3) is 0 Å². The Morgan fingerprint density at radius 1 is 0.737 bits per heavy atom. The van der Waals surface area contributed by atoms with Gasteiger partial charge in [0.2, 0.25) is 0 Å². The molecule has 0 saturated carbocycles. The number of quaternary nitrogens is 2. The molecule has 0 amide bonds. The highest BCUT2D eigenvalue weighted by atomic mass is 16.5. The number of nitrogens with zero attached hydrogens (tertiary/aromatic N) is 2. The number of unbranched alkanes of at least 4 members (excludes halogenated alkanes) is 1. The van der Waals surface area contributed by atoms with Crippen LogP contribution in [0.25, 0.3) is 0 Å². The summed E-state index contributed by atoms with van der Waals surface area (Å²) >= 11 is 0. The van der Waals surface area contributed by atoms with Crippen LogP contribution in [-0.4, -0.2) is 75.5 Å². The molecular weight excluding hydrogens is 236 g/mol. The Balaban J connectivity index is 3.93. The van der Waals surface area contributed by atoms with Gasteiger partial charge in [0.05, 0.1) is 53.5 Å². The second-order valence-corrected chi connectivity index (χ2v) is 6.36. The lowest BCUT2D eigenvalue weighted by molar-refractivity contribution is -0.925. The van der Waals surface area contributed by atoms with Crippen LogP contribution in [0.3, 0.4) is 0 Å². The number of hydrogen-bond acceptors (Lipinski definition) is 1. The van der Waals surface area contributed by atoms with E-state index in [2.05, 4.69) is 41.8 Å². The van der Waals surface area contributed by atoms with E-state index < -0.39 is 0 Å². The van der Waals surface area contributed by atoms with Gasteiger partial charge in [-0.15, -0.1) is 0 Å². The minimum atomic E-state index is 0.891. The van der Waals surface area contributed by atoms with Gasteiger partial charge in [-0.25, -0.2) is 0 Å². The van der Waals surface area contributed by atoms with Crippen molar-refractivity contribution in [1.82, 2.24) is 0 Å². The maximum absolute atomic E-state index is 5.88. The molecule has 0 fully saturated rings. The Hall–Kier alpha value is -0.120. The van der Waals surface area contributed by atoms with Crippen LogP contribution in [0.4, 0.5) is 0 Å². The van der Waals surface area contributed by atoms with E-state index in [1.807, 2.05) is 0 Å². The van der Waals surface area contributed by atoms with Gasteiger partial charge in [0.15, 0.2) is 0 Å². The number of ether oxygens (including phenoxy) is 1. The fourth-order valence-corrected chi connectivity index (χ4v) is 2.29. The predicted molar refractivity (Wildman–Crippen MR) is 84.3 cm³/mol. The summed E-state index contributed by atoms with van der Waals surface area (Å²) in [5.41, 5.74) is 0. The van der Waals surface area contributed by atoms with E-state index in [0.29, 0.717) is 0 Å². The van der Waals surface area contributed by atoms with Gasteiger partial charge in [-0.3, -0.25) is 0 Å². The average Bonchev–Trinajstić information content (AvgIpc) is 2.42. The third-order valence-electron chi connectivity index (χ3n) is 4.73. The van der Waals surface area contributed by atoms with Crippen LogP contribution in [0.15, 0.2) is 0 Å². The molecule has 0 heterocycles. The molecule has 0 N–H and O–H groups in total. The molecule has 0 aromatic heterocycles. The maximum atomic E-state index is 5.88. The highest BCUT2D eigenvalue weighted by Crippen LogP contribution is 2.09. The zero-order chi connectivity index (χ0) is 14.8. The normalized spacial score (nSPS) is 12.9. The summed E-state index contributed by atoms with van der Waals surface area (Å²) in [5, 5.41) is 0. The van der Waals surface area contributed by atoms with Gasteiger partial charge < -0.3 is 13.7 Å². The zero-order valence-corrected chi connectivity index (χ0v) is 14.4. The SMILES string of the molecule is CCCC[N+](CC)(CC)CCOCC[N+](C)(C)CC. The molecule has 0 aromatic carbocycles. The first-order valence-corrected chi connectivity index (χ1v) is 8.20.